The Kier molecular flexibility index (Phi) is 2.04. The van der Waals surface area contributed by atoms with Gasteiger partial charge in [0.05, 0.1) is 18.2 Å². The van der Waals surface area contributed by atoms with Gasteiger partial charge in [0.15, 0.2) is 0 Å². The number of pyridine rings is 1. The molecule has 2 rings (SSSR count). The van der Waals surface area contributed by atoms with E-state index in [4.69, 9.17) is 10.00 Å². The Morgan fingerprint density at radius 2 is 2.21 bits per heavy atom. The van der Waals surface area contributed by atoms with Crippen molar-refractivity contribution in [1.82, 2.24) is 4.98 Å². The molecule has 0 aliphatic rings. The van der Waals surface area contributed by atoms with Crippen LogP contribution in [0.4, 0.5) is 0 Å². The van der Waals surface area contributed by atoms with Gasteiger partial charge < -0.3 is 4.74 Å². The molecular formula is C11H8N2O. The molecule has 0 bridgehead atoms. The molecule has 1 heterocycles. The maximum Gasteiger partial charge on any atom is 0.128 e. The summed E-state index contributed by atoms with van der Waals surface area (Å²) in [7, 11) is 1.60. The highest BCUT2D eigenvalue weighted by atomic mass is 16.5. The summed E-state index contributed by atoms with van der Waals surface area (Å²) in [4.78, 5) is 4.16. The van der Waals surface area contributed by atoms with Crippen LogP contribution in [-0.4, -0.2) is 12.1 Å². The van der Waals surface area contributed by atoms with Gasteiger partial charge in [-0.15, -0.1) is 0 Å². The highest BCUT2D eigenvalue weighted by molar-refractivity contribution is 5.89. The normalized spacial score (nSPS) is 9.71. The van der Waals surface area contributed by atoms with E-state index in [0.717, 1.165) is 11.1 Å². The first kappa shape index (κ1) is 8.52. The quantitative estimate of drug-likeness (QED) is 0.681. The van der Waals surface area contributed by atoms with E-state index in [2.05, 4.69) is 11.1 Å². The van der Waals surface area contributed by atoms with Crippen molar-refractivity contribution in [3.8, 4) is 11.8 Å². The van der Waals surface area contributed by atoms with Crippen LogP contribution < -0.4 is 4.74 Å². The minimum absolute atomic E-state index is 0.571. The molecule has 0 spiro atoms. The van der Waals surface area contributed by atoms with Crippen LogP contribution in [-0.2, 0) is 0 Å². The molecule has 0 atom stereocenters. The molecule has 0 unspecified atom stereocenters. The van der Waals surface area contributed by atoms with Gasteiger partial charge in [0, 0.05) is 11.6 Å². The first-order chi connectivity index (χ1) is 6.86. The van der Waals surface area contributed by atoms with E-state index in [9.17, 15) is 0 Å². The van der Waals surface area contributed by atoms with Gasteiger partial charge in [0.1, 0.15) is 11.8 Å². The molecule has 0 saturated heterocycles. The topological polar surface area (TPSA) is 45.9 Å². The Morgan fingerprint density at radius 3 is 2.93 bits per heavy atom. The van der Waals surface area contributed by atoms with Crippen LogP contribution in [0.1, 0.15) is 5.56 Å². The third kappa shape index (κ3) is 1.17. The standard InChI is InChI=1S/C11H8N2O/c1-14-10-5-4-8(7-12)11-9(10)3-2-6-13-11/h2-6H,1H3. The zero-order chi connectivity index (χ0) is 9.97. The van der Waals surface area contributed by atoms with Gasteiger partial charge in [-0.05, 0) is 24.3 Å². The van der Waals surface area contributed by atoms with E-state index in [-0.39, 0.29) is 0 Å². The third-order valence-corrected chi connectivity index (χ3v) is 2.07. The van der Waals surface area contributed by atoms with Crippen molar-refractivity contribution in [2.24, 2.45) is 0 Å². The van der Waals surface area contributed by atoms with Crippen molar-refractivity contribution in [3.05, 3.63) is 36.0 Å². The number of benzene rings is 1. The van der Waals surface area contributed by atoms with Crippen molar-refractivity contribution < 1.29 is 4.74 Å². The maximum absolute atomic E-state index is 8.87. The molecular weight excluding hydrogens is 176 g/mol. The average Bonchev–Trinajstić information content (AvgIpc) is 2.27. The number of nitriles is 1. The fourth-order valence-electron chi connectivity index (χ4n) is 1.41. The summed E-state index contributed by atoms with van der Waals surface area (Å²) in [5.74, 6) is 0.743. The molecule has 1 aromatic heterocycles. The van der Waals surface area contributed by atoms with Crippen LogP contribution in [0.25, 0.3) is 10.9 Å². The molecule has 3 nitrogen and oxygen atoms in total. The molecule has 0 aliphatic carbocycles. The summed E-state index contributed by atoms with van der Waals surface area (Å²) in [6.45, 7) is 0. The van der Waals surface area contributed by atoms with Crippen molar-refractivity contribution in [2.75, 3.05) is 7.11 Å². The van der Waals surface area contributed by atoms with Crippen molar-refractivity contribution >= 4 is 10.9 Å². The van der Waals surface area contributed by atoms with Crippen LogP contribution in [0.15, 0.2) is 30.5 Å². The van der Waals surface area contributed by atoms with Gasteiger partial charge >= 0.3 is 0 Å². The van der Waals surface area contributed by atoms with Crippen LogP contribution in [0, 0.1) is 11.3 Å². The molecule has 2 aromatic rings. The number of rotatable bonds is 1. The zero-order valence-electron chi connectivity index (χ0n) is 7.69. The second kappa shape index (κ2) is 3.35. The fraction of sp³-hybridized carbons (Fsp3) is 0.0909. The van der Waals surface area contributed by atoms with Crippen LogP contribution in [0.3, 0.4) is 0 Å². The van der Waals surface area contributed by atoms with Crippen molar-refractivity contribution in [1.29, 1.82) is 5.26 Å². The lowest BCUT2D eigenvalue weighted by molar-refractivity contribution is 0.419. The van der Waals surface area contributed by atoms with E-state index in [1.165, 1.54) is 0 Å². The number of hydrogen-bond acceptors (Lipinski definition) is 3. The monoisotopic (exact) mass is 184 g/mol. The van der Waals surface area contributed by atoms with Crippen LogP contribution in [0.5, 0.6) is 5.75 Å². The summed E-state index contributed by atoms with van der Waals surface area (Å²) >= 11 is 0. The smallest absolute Gasteiger partial charge is 0.128 e. The number of ether oxygens (including phenoxy) is 1. The molecule has 0 aliphatic heterocycles. The molecule has 1 aromatic carbocycles. The summed E-state index contributed by atoms with van der Waals surface area (Å²) < 4.78 is 5.18. The summed E-state index contributed by atoms with van der Waals surface area (Å²) in [6.07, 6.45) is 1.67. The summed E-state index contributed by atoms with van der Waals surface area (Å²) in [5.41, 5.74) is 1.26. The second-order valence-corrected chi connectivity index (χ2v) is 2.83. The number of nitrogens with zero attached hydrogens (tertiary/aromatic N) is 2. The van der Waals surface area contributed by atoms with E-state index in [1.54, 1.807) is 25.4 Å². The predicted octanol–water partition coefficient (Wildman–Crippen LogP) is 2.12. The fourth-order valence-corrected chi connectivity index (χ4v) is 1.41. The van der Waals surface area contributed by atoms with Gasteiger partial charge in [0.25, 0.3) is 0 Å². The van der Waals surface area contributed by atoms with Gasteiger partial charge in [-0.3, -0.25) is 4.98 Å². The van der Waals surface area contributed by atoms with E-state index >= 15 is 0 Å². The van der Waals surface area contributed by atoms with Crippen LogP contribution >= 0.6 is 0 Å². The number of aromatic nitrogens is 1. The van der Waals surface area contributed by atoms with E-state index < -0.39 is 0 Å². The Labute approximate surface area is 81.6 Å². The van der Waals surface area contributed by atoms with E-state index in [1.807, 2.05) is 12.1 Å². The van der Waals surface area contributed by atoms with Gasteiger partial charge in [0.2, 0.25) is 0 Å². The second-order valence-electron chi connectivity index (χ2n) is 2.83. The molecule has 0 fully saturated rings. The van der Waals surface area contributed by atoms with Gasteiger partial charge in [-0.25, -0.2) is 0 Å². The maximum atomic E-state index is 8.87. The lowest BCUT2D eigenvalue weighted by Gasteiger charge is -2.04. The Balaban J connectivity index is 2.87. The predicted molar refractivity (Wildman–Crippen MR) is 53.0 cm³/mol. The third-order valence-electron chi connectivity index (χ3n) is 2.07. The minimum atomic E-state index is 0.571. The number of fused-ring (bicyclic) bond motifs is 1. The number of methoxy groups -OCH3 is 1. The first-order valence-corrected chi connectivity index (χ1v) is 4.18. The first-order valence-electron chi connectivity index (χ1n) is 4.18. The SMILES string of the molecule is COc1ccc(C#N)c2ncccc12. The number of hydrogen-bond donors (Lipinski definition) is 0. The molecule has 0 radical (unpaired) electrons. The lowest BCUT2D eigenvalue weighted by atomic mass is 10.1. The Morgan fingerprint density at radius 1 is 1.36 bits per heavy atom. The van der Waals surface area contributed by atoms with Gasteiger partial charge in [-0.2, -0.15) is 5.26 Å². The molecule has 0 N–H and O–H groups in total. The largest absolute Gasteiger partial charge is 0.496 e. The Bertz CT molecular complexity index is 514. The zero-order valence-corrected chi connectivity index (χ0v) is 7.69. The molecule has 68 valence electrons. The highest BCUT2D eigenvalue weighted by Crippen LogP contribution is 2.25. The minimum Gasteiger partial charge on any atom is -0.496 e. The van der Waals surface area contributed by atoms with E-state index in [0.29, 0.717) is 11.1 Å². The molecule has 14 heavy (non-hydrogen) atoms. The Hall–Kier alpha value is -2.08. The molecule has 0 amide bonds. The summed E-state index contributed by atoms with van der Waals surface area (Å²) in [5, 5.41) is 9.74. The lowest BCUT2D eigenvalue weighted by Crippen LogP contribution is -1.89. The van der Waals surface area contributed by atoms with Crippen LogP contribution in [0.2, 0.25) is 0 Å². The molecule has 3 heteroatoms. The van der Waals surface area contributed by atoms with Crippen molar-refractivity contribution in [3.63, 3.8) is 0 Å². The van der Waals surface area contributed by atoms with Crippen molar-refractivity contribution in [2.45, 2.75) is 0 Å². The average molecular weight is 184 g/mol. The van der Waals surface area contributed by atoms with Gasteiger partial charge in [-0.1, -0.05) is 0 Å². The molecule has 0 saturated carbocycles. The summed E-state index contributed by atoms with van der Waals surface area (Å²) in [6, 6.07) is 9.32. The highest BCUT2D eigenvalue weighted by Gasteiger charge is 2.05.